The molecule has 32 heavy (non-hydrogen) atoms. The zero-order valence-electron chi connectivity index (χ0n) is 17.7. The van der Waals surface area contributed by atoms with Crippen molar-refractivity contribution in [3.8, 4) is 0 Å². The van der Waals surface area contributed by atoms with Crippen LogP contribution in [-0.2, 0) is 14.8 Å². The third-order valence-corrected chi connectivity index (χ3v) is 8.02. The van der Waals surface area contributed by atoms with E-state index < -0.39 is 27.9 Å². The summed E-state index contributed by atoms with van der Waals surface area (Å²) in [4.78, 5) is 25.8. The molecule has 1 heterocycles. The van der Waals surface area contributed by atoms with Crippen LogP contribution in [0.25, 0.3) is 0 Å². The fourth-order valence-corrected chi connectivity index (χ4v) is 5.68. The average molecular weight is 496 g/mol. The zero-order chi connectivity index (χ0) is 23.1. The molecule has 10 heteroatoms. The van der Waals surface area contributed by atoms with E-state index in [0.717, 1.165) is 12.8 Å². The predicted molar refractivity (Wildman–Crippen MR) is 129 cm³/mol. The fraction of sp³-hybridized carbons (Fsp3) is 0.364. The van der Waals surface area contributed by atoms with Crippen molar-refractivity contribution in [3.05, 3.63) is 59.1 Å². The number of halogens is 1. The maximum Gasteiger partial charge on any atom is 0.253 e. The predicted octanol–water partition coefficient (Wildman–Crippen LogP) is 3.61. The van der Waals surface area contributed by atoms with E-state index in [1.165, 1.54) is 16.4 Å². The molecular formula is C22H26ClN3O4S2. The molecule has 0 aliphatic carbocycles. The van der Waals surface area contributed by atoms with Crippen molar-refractivity contribution in [2.45, 2.75) is 30.2 Å². The molecule has 2 aromatic rings. The fourth-order valence-electron chi connectivity index (χ4n) is 3.43. The normalized spacial score (nSPS) is 15.3. The number of nitrogens with zero attached hydrogens (tertiary/aromatic N) is 1. The first-order chi connectivity index (χ1) is 15.3. The van der Waals surface area contributed by atoms with E-state index in [1.54, 1.807) is 48.2 Å². The maximum atomic E-state index is 13.0. The van der Waals surface area contributed by atoms with E-state index in [4.69, 9.17) is 11.6 Å². The molecule has 0 radical (unpaired) electrons. The highest BCUT2D eigenvalue weighted by Gasteiger charge is 2.28. The van der Waals surface area contributed by atoms with Gasteiger partial charge in [0.1, 0.15) is 6.04 Å². The van der Waals surface area contributed by atoms with Crippen LogP contribution < -0.4 is 10.6 Å². The third-order valence-electron chi connectivity index (χ3n) is 5.16. The summed E-state index contributed by atoms with van der Waals surface area (Å²) in [6, 6.07) is 12.0. The van der Waals surface area contributed by atoms with Crippen molar-refractivity contribution in [3.63, 3.8) is 0 Å². The SMILES string of the molecule is CSCC[C@@H](NC(=O)c1ccccc1Cl)C(=O)Nc1cccc(S(=O)(=O)N2CCCC2)c1. The highest BCUT2D eigenvalue weighted by molar-refractivity contribution is 7.98. The van der Waals surface area contributed by atoms with Crippen molar-refractivity contribution in [2.24, 2.45) is 0 Å². The molecule has 2 N–H and O–H groups in total. The first kappa shape index (κ1) is 24.6. The van der Waals surface area contributed by atoms with Gasteiger partial charge in [0, 0.05) is 18.8 Å². The molecule has 1 fully saturated rings. The van der Waals surface area contributed by atoms with Crippen LogP contribution in [0.1, 0.15) is 29.6 Å². The quantitative estimate of drug-likeness (QED) is 0.554. The molecule has 2 amide bonds. The van der Waals surface area contributed by atoms with Crippen molar-refractivity contribution >= 4 is 50.9 Å². The summed E-state index contributed by atoms with van der Waals surface area (Å²) < 4.78 is 27.1. The summed E-state index contributed by atoms with van der Waals surface area (Å²) in [6.07, 6.45) is 4.02. The number of benzene rings is 2. The first-order valence-electron chi connectivity index (χ1n) is 10.3. The topological polar surface area (TPSA) is 95.6 Å². The van der Waals surface area contributed by atoms with Crippen LogP contribution in [-0.4, -0.2) is 55.7 Å². The van der Waals surface area contributed by atoms with E-state index in [0.29, 0.717) is 36.0 Å². The minimum Gasteiger partial charge on any atom is -0.340 e. The van der Waals surface area contributed by atoms with Crippen LogP contribution in [0.5, 0.6) is 0 Å². The van der Waals surface area contributed by atoms with E-state index in [1.807, 2.05) is 6.26 Å². The van der Waals surface area contributed by atoms with Crippen molar-refractivity contribution in [1.29, 1.82) is 0 Å². The first-order valence-corrected chi connectivity index (χ1v) is 13.5. The van der Waals surface area contributed by atoms with E-state index in [9.17, 15) is 18.0 Å². The second kappa shape index (κ2) is 11.2. The Balaban J connectivity index is 1.75. The molecule has 1 saturated heterocycles. The van der Waals surface area contributed by atoms with Gasteiger partial charge in [-0.05, 0) is 61.6 Å². The lowest BCUT2D eigenvalue weighted by Crippen LogP contribution is -2.44. The number of carbonyl (C=O) groups excluding carboxylic acids is 2. The zero-order valence-corrected chi connectivity index (χ0v) is 20.1. The largest absolute Gasteiger partial charge is 0.340 e. The molecule has 172 valence electrons. The van der Waals surface area contributed by atoms with Gasteiger partial charge in [-0.25, -0.2) is 8.42 Å². The minimum absolute atomic E-state index is 0.137. The molecule has 0 unspecified atom stereocenters. The van der Waals surface area contributed by atoms with E-state index in [2.05, 4.69) is 10.6 Å². The third kappa shape index (κ3) is 6.04. The number of hydrogen-bond acceptors (Lipinski definition) is 5. The second-order valence-corrected chi connectivity index (χ2v) is 10.7. The maximum absolute atomic E-state index is 13.0. The number of hydrogen-bond donors (Lipinski definition) is 2. The molecule has 1 aliphatic rings. The van der Waals surface area contributed by atoms with Gasteiger partial charge in [0.05, 0.1) is 15.5 Å². The Hall–Kier alpha value is -2.07. The Kier molecular flexibility index (Phi) is 8.58. The number of anilines is 1. The van der Waals surface area contributed by atoms with Gasteiger partial charge < -0.3 is 10.6 Å². The smallest absolute Gasteiger partial charge is 0.253 e. The van der Waals surface area contributed by atoms with Crippen LogP contribution in [0.2, 0.25) is 5.02 Å². The van der Waals surface area contributed by atoms with Gasteiger partial charge >= 0.3 is 0 Å². The summed E-state index contributed by atoms with van der Waals surface area (Å²) in [5.74, 6) is -0.207. The Bertz CT molecular complexity index is 1070. The van der Waals surface area contributed by atoms with Gasteiger partial charge in [-0.2, -0.15) is 16.1 Å². The molecule has 3 rings (SSSR count). The number of carbonyl (C=O) groups is 2. The molecular weight excluding hydrogens is 470 g/mol. The molecule has 0 bridgehead atoms. The van der Waals surface area contributed by atoms with Crippen molar-refractivity contribution in [2.75, 3.05) is 30.4 Å². The summed E-state index contributed by atoms with van der Waals surface area (Å²) in [5, 5.41) is 5.79. The second-order valence-electron chi connectivity index (χ2n) is 7.42. The summed E-state index contributed by atoms with van der Waals surface area (Å²) >= 11 is 7.66. The van der Waals surface area contributed by atoms with Crippen molar-refractivity contribution in [1.82, 2.24) is 9.62 Å². The molecule has 1 aliphatic heterocycles. The number of rotatable bonds is 9. The van der Waals surface area contributed by atoms with Gasteiger partial charge in [-0.1, -0.05) is 29.8 Å². The molecule has 0 spiro atoms. The standard InChI is InChI=1S/C22H26ClN3O4S2/c1-31-14-11-20(25-21(27)18-9-2-3-10-19(18)23)22(28)24-16-7-6-8-17(15-16)32(29,30)26-12-4-5-13-26/h2-3,6-10,15,20H,4-5,11-14H2,1H3,(H,24,28)(H,25,27)/t20-/m1/s1. The number of sulfonamides is 1. The van der Waals surface area contributed by atoms with Gasteiger partial charge in [0.25, 0.3) is 5.91 Å². The van der Waals surface area contributed by atoms with Crippen LogP contribution in [0.15, 0.2) is 53.4 Å². The molecule has 0 aromatic heterocycles. The minimum atomic E-state index is -3.60. The molecule has 1 atom stereocenters. The van der Waals surface area contributed by atoms with E-state index >= 15 is 0 Å². The Morgan fingerprint density at radius 1 is 1.12 bits per heavy atom. The van der Waals surface area contributed by atoms with Crippen LogP contribution >= 0.6 is 23.4 Å². The van der Waals surface area contributed by atoms with Crippen LogP contribution in [0.4, 0.5) is 5.69 Å². The van der Waals surface area contributed by atoms with Crippen molar-refractivity contribution < 1.29 is 18.0 Å². The lowest BCUT2D eigenvalue weighted by atomic mass is 10.1. The number of nitrogens with one attached hydrogen (secondary N) is 2. The number of thioether (sulfide) groups is 1. The van der Waals surface area contributed by atoms with Gasteiger partial charge in [-0.3, -0.25) is 9.59 Å². The lowest BCUT2D eigenvalue weighted by Gasteiger charge is -2.19. The highest BCUT2D eigenvalue weighted by atomic mass is 35.5. The molecule has 0 saturated carbocycles. The number of amides is 2. The van der Waals surface area contributed by atoms with Gasteiger partial charge in [0.2, 0.25) is 15.9 Å². The Labute approximate surface area is 198 Å². The molecule has 2 aromatic carbocycles. The molecule has 7 nitrogen and oxygen atoms in total. The highest BCUT2D eigenvalue weighted by Crippen LogP contribution is 2.23. The summed E-state index contributed by atoms with van der Waals surface area (Å²) in [5.41, 5.74) is 0.645. The average Bonchev–Trinajstić information content (AvgIpc) is 3.33. The van der Waals surface area contributed by atoms with Crippen LogP contribution in [0, 0.1) is 0 Å². The van der Waals surface area contributed by atoms with Gasteiger partial charge in [-0.15, -0.1) is 0 Å². The summed E-state index contributed by atoms with van der Waals surface area (Å²) in [6.45, 7) is 1.01. The monoisotopic (exact) mass is 495 g/mol. The summed E-state index contributed by atoms with van der Waals surface area (Å²) in [7, 11) is -3.60. The van der Waals surface area contributed by atoms with E-state index in [-0.39, 0.29) is 10.5 Å². The Morgan fingerprint density at radius 3 is 2.53 bits per heavy atom. The lowest BCUT2D eigenvalue weighted by molar-refractivity contribution is -0.118. The Morgan fingerprint density at radius 2 is 1.84 bits per heavy atom. The van der Waals surface area contributed by atoms with Crippen LogP contribution in [0.3, 0.4) is 0 Å². The van der Waals surface area contributed by atoms with Gasteiger partial charge in [0.15, 0.2) is 0 Å².